The Balaban J connectivity index is 0.00000208. The number of ether oxygens (including phenoxy) is 1. The zero-order valence-corrected chi connectivity index (χ0v) is 14.4. The van der Waals surface area contributed by atoms with Crippen molar-refractivity contribution in [3.63, 3.8) is 0 Å². The van der Waals surface area contributed by atoms with Crippen molar-refractivity contribution in [1.82, 2.24) is 10.3 Å². The number of aromatic nitrogens is 1. The molecular weight excluding hydrogens is 324 g/mol. The molecule has 0 aliphatic heterocycles. The molecule has 0 spiro atoms. The lowest BCUT2D eigenvalue weighted by Gasteiger charge is -2.14. The predicted molar refractivity (Wildman–Crippen MR) is 101 cm³/mol. The van der Waals surface area contributed by atoms with Crippen LogP contribution in [0.2, 0.25) is 0 Å². The number of pyridine rings is 1. The number of H-pyrrole nitrogens is 1. The van der Waals surface area contributed by atoms with E-state index in [1.165, 1.54) is 0 Å². The fourth-order valence-corrected chi connectivity index (χ4v) is 2.63. The molecule has 0 unspecified atom stereocenters. The summed E-state index contributed by atoms with van der Waals surface area (Å²) < 4.78 is 6.05. The molecule has 1 heterocycles. The van der Waals surface area contributed by atoms with Gasteiger partial charge in [-0.15, -0.1) is 12.4 Å². The topological polar surface area (TPSA) is 54.1 Å². The van der Waals surface area contributed by atoms with E-state index in [4.69, 9.17) is 4.74 Å². The zero-order valence-electron chi connectivity index (χ0n) is 13.5. The van der Waals surface area contributed by atoms with Gasteiger partial charge in [0.1, 0.15) is 0 Å². The summed E-state index contributed by atoms with van der Waals surface area (Å²) in [5, 5.41) is 4.60. The van der Waals surface area contributed by atoms with Crippen LogP contribution in [0.5, 0.6) is 5.75 Å². The molecule has 0 saturated carbocycles. The Hall–Kier alpha value is -2.30. The molecule has 2 N–H and O–H groups in total. The Labute approximate surface area is 147 Å². The molecule has 0 amide bonds. The standard InChI is InChI=1S/C19H20N2O2.ClH/c1-20-12-7-13-23-18-15-10-5-6-11-16(15)19(22)21-17(18)14-8-3-2-4-9-14;/h2-6,8-11,20H,7,12-13H2,1H3,(H,21,22);1H. The average Bonchev–Trinajstić information content (AvgIpc) is 2.61. The summed E-state index contributed by atoms with van der Waals surface area (Å²) in [6, 6.07) is 17.4. The maximum absolute atomic E-state index is 12.4. The lowest BCUT2D eigenvalue weighted by molar-refractivity contribution is 0.313. The summed E-state index contributed by atoms with van der Waals surface area (Å²) in [5.74, 6) is 0.738. The molecule has 2 aromatic carbocycles. The smallest absolute Gasteiger partial charge is 0.256 e. The summed E-state index contributed by atoms with van der Waals surface area (Å²) in [5.41, 5.74) is 1.58. The van der Waals surface area contributed by atoms with Crippen LogP contribution in [-0.4, -0.2) is 25.2 Å². The van der Waals surface area contributed by atoms with E-state index in [0.29, 0.717) is 12.0 Å². The average molecular weight is 345 g/mol. The molecular formula is C19H21ClN2O2. The van der Waals surface area contributed by atoms with E-state index in [1.807, 2.05) is 61.6 Å². The molecule has 1 aromatic heterocycles. The first-order chi connectivity index (χ1) is 11.3. The van der Waals surface area contributed by atoms with Gasteiger partial charge in [-0.2, -0.15) is 0 Å². The molecule has 0 aliphatic carbocycles. The minimum absolute atomic E-state index is 0. The van der Waals surface area contributed by atoms with Crippen molar-refractivity contribution in [2.45, 2.75) is 6.42 Å². The number of halogens is 1. The van der Waals surface area contributed by atoms with E-state index in [2.05, 4.69) is 10.3 Å². The summed E-state index contributed by atoms with van der Waals surface area (Å²) in [6.07, 6.45) is 0.901. The summed E-state index contributed by atoms with van der Waals surface area (Å²) in [4.78, 5) is 15.4. The fraction of sp³-hybridized carbons (Fsp3) is 0.211. The van der Waals surface area contributed by atoms with Crippen LogP contribution in [0.25, 0.3) is 22.0 Å². The van der Waals surface area contributed by atoms with E-state index in [0.717, 1.165) is 35.4 Å². The lowest BCUT2D eigenvalue weighted by atomic mass is 10.1. The van der Waals surface area contributed by atoms with Gasteiger partial charge in [-0.1, -0.05) is 48.5 Å². The Morgan fingerprint density at radius 1 is 1.00 bits per heavy atom. The molecule has 0 atom stereocenters. The normalized spacial score (nSPS) is 10.4. The van der Waals surface area contributed by atoms with Crippen molar-refractivity contribution < 1.29 is 4.74 Å². The first-order valence-electron chi connectivity index (χ1n) is 7.79. The van der Waals surface area contributed by atoms with Crippen LogP contribution in [0, 0.1) is 0 Å². The number of nitrogens with one attached hydrogen (secondary N) is 2. The van der Waals surface area contributed by atoms with Crippen molar-refractivity contribution in [3.05, 3.63) is 65.0 Å². The third kappa shape index (κ3) is 3.78. The van der Waals surface area contributed by atoms with E-state index < -0.39 is 0 Å². The Morgan fingerprint density at radius 3 is 2.38 bits per heavy atom. The Morgan fingerprint density at radius 2 is 1.67 bits per heavy atom. The van der Waals surface area contributed by atoms with E-state index in [9.17, 15) is 4.79 Å². The number of hydrogen-bond acceptors (Lipinski definition) is 3. The number of fused-ring (bicyclic) bond motifs is 1. The largest absolute Gasteiger partial charge is 0.491 e. The van der Waals surface area contributed by atoms with Crippen LogP contribution in [0.1, 0.15) is 6.42 Å². The first kappa shape index (κ1) is 18.0. The molecule has 0 fully saturated rings. The van der Waals surface area contributed by atoms with Crippen LogP contribution >= 0.6 is 12.4 Å². The van der Waals surface area contributed by atoms with Crippen molar-refractivity contribution in [2.24, 2.45) is 0 Å². The summed E-state index contributed by atoms with van der Waals surface area (Å²) >= 11 is 0. The molecule has 0 bridgehead atoms. The number of rotatable bonds is 6. The molecule has 126 valence electrons. The molecule has 4 nitrogen and oxygen atoms in total. The van der Waals surface area contributed by atoms with Crippen molar-refractivity contribution in [1.29, 1.82) is 0 Å². The van der Waals surface area contributed by atoms with Crippen LogP contribution < -0.4 is 15.6 Å². The quantitative estimate of drug-likeness (QED) is 0.672. The second-order valence-electron chi connectivity index (χ2n) is 5.38. The third-order valence-electron chi connectivity index (χ3n) is 3.76. The molecule has 3 rings (SSSR count). The van der Waals surface area contributed by atoms with Gasteiger partial charge in [0.25, 0.3) is 5.56 Å². The maximum Gasteiger partial charge on any atom is 0.256 e. The molecule has 0 aliphatic rings. The van der Waals surface area contributed by atoms with Crippen LogP contribution in [-0.2, 0) is 0 Å². The first-order valence-corrected chi connectivity index (χ1v) is 7.79. The van der Waals surface area contributed by atoms with Crippen LogP contribution in [0.3, 0.4) is 0 Å². The minimum Gasteiger partial charge on any atom is -0.491 e. The van der Waals surface area contributed by atoms with Gasteiger partial charge in [0, 0.05) is 10.9 Å². The second-order valence-corrected chi connectivity index (χ2v) is 5.38. The molecule has 5 heteroatoms. The van der Waals surface area contributed by atoms with Crippen molar-refractivity contribution >= 4 is 23.2 Å². The molecule has 24 heavy (non-hydrogen) atoms. The monoisotopic (exact) mass is 344 g/mol. The highest BCUT2D eigenvalue weighted by atomic mass is 35.5. The van der Waals surface area contributed by atoms with Crippen LogP contribution in [0.15, 0.2) is 59.4 Å². The lowest BCUT2D eigenvalue weighted by Crippen LogP contribution is -2.14. The maximum atomic E-state index is 12.4. The second kappa shape index (κ2) is 8.52. The fourth-order valence-electron chi connectivity index (χ4n) is 2.63. The van der Waals surface area contributed by atoms with Crippen molar-refractivity contribution in [3.8, 4) is 17.0 Å². The Bertz CT molecular complexity index is 847. The van der Waals surface area contributed by atoms with E-state index in [-0.39, 0.29) is 18.0 Å². The molecule has 0 saturated heterocycles. The van der Waals surface area contributed by atoms with Crippen molar-refractivity contribution in [2.75, 3.05) is 20.2 Å². The highest BCUT2D eigenvalue weighted by Crippen LogP contribution is 2.33. The van der Waals surface area contributed by atoms with Gasteiger partial charge in [0.2, 0.25) is 0 Å². The van der Waals surface area contributed by atoms with E-state index >= 15 is 0 Å². The van der Waals surface area contributed by atoms with Crippen LogP contribution in [0.4, 0.5) is 0 Å². The van der Waals surface area contributed by atoms with Gasteiger partial charge < -0.3 is 15.0 Å². The van der Waals surface area contributed by atoms with Gasteiger partial charge in [0.05, 0.1) is 17.7 Å². The number of benzene rings is 2. The predicted octanol–water partition coefficient (Wildman–Crippen LogP) is 3.61. The molecule has 3 aromatic rings. The SMILES string of the molecule is CNCCCOc1c(-c2ccccc2)[nH]c(=O)c2ccccc12.Cl. The summed E-state index contributed by atoms with van der Waals surface area (Å²) in [6.45, 7) is 1.48. The summed E-state index contributed by atoms with van der Waals surface area (Å²) in [7, 11) is 1.92. The highest BCUT2D eigenvalue weighted by Gasteiger charge is 2.14. The minimum atomic E-state index is -0.0953. The Kier molecular flexibility index (Phi) is 6.41. The van der Waals surface area contributed by atoms with Gasteiger partial charge in [-0.25, -0.2) is 0 Å². The van der Waals surface area contributed by atoms with Gasteiger partial charge in [-0.05, 0) is 26.1 Å². The number of hydrogen-bond donors (Lipinski definition) is 2. The molecule has 0 radical (unpaired) electrons. The zero-order chi connectivity index (χ0) is 16.1. The third-order valence-corrected chi connectivity index (χ3v) is 3.76. The van der Waals surface area contributed by atoms with E-state index in [1.54, 1.807) is 0 Å². The van der Waals surface area contributed by atoms with Gasteiger partial charge in [-0.3, -0.25) is 4.79 Å². The highest BCUT2D eigenvalue weighted by molar-refractivity contribution is 5.92. The van der Waals surface area contributed by atoms with Gasteiger partial charge >= 0.3 is 0 Å². The van der Waals surface area contributed by atoms with Gasteiger partial charge in [0.15, 0.2) is 5.75 Å². The number of aromatic amines is 1.